The van der Waals surface area contributed by atoms with Gasteiger partial charge in [0.25, 0.3) is 0 Å². The number of alkyl halides is 3. The van der Waals surface area contributed by atoms with Crippen molar-refractivity contribution in [1.82, 2.24) is 9.97 Å². The van der Waals surface area contributed by atoms with Gasteiger partial charge in [-0.1, -0.05) is 46.3 Å². The molecule has 0 spiro atoms. The van der Waals surface area contributed by atoms with Crippen molar-refractivity contribution in [1.29, 1.82) is 0 Å². The maximum atomic E-state index is 12.6. The summed E-state index contributed by atoms with van der Waals surface area (Å²) in [5.41, 5.74) is 1.82. The molecule has 0 aliphatic rings. The zero-order valence-corrected chi connectivity index (χ0v) is 18.0. The summed E-state index contributed by atoms with van der Waals surface area (Å²) in [6.45, 7) is 2.08. The third-order valence-corrected chi connectivity index (χ3v) is 4.93. The van der Waals surface area contributed by atoms with Gasteiger partial charge in [-0.2, -0.15) is 4.98 Å². The molecule has 0 unspecified atom stereocenters. The van der Waals surface area contributed by atoms with Crippen LogP contribution in [-0.2, 0) is 6.54 Å². The normalized spacial score (nSPS) is 12.3. The second-order valence-corrected chi connectivity index (χ2v) is 7.56. The fraction of sp³-hybridized carbons (Fsp3) is 0.238. The number of rotatable bonds is 8. The molecule has 0 aliphatic heterocycles. The van der Waals surface area contributed by atoms with Crippen LogP contribution in [0.5, 0.6) is 5.75 Å². The van der Waals surface area contributed by atoms with E-state index in [1.165, 1.54) is 18.2 Å². The molecule has 3 rings (SSSR count). The molecule has 31 heavy (non-hydrogen) atoms. The quantitative estimate of drug-likeness (QED) is 0.397. The van der Waals surface area contributed by atoms with E-state index < -0.39 is 6.36 Å². The standard InChI is InChI=1S/C21H20BrF3N4O2/c1-13(12-30)27-20-28-18(14-6-4-7-16(9-14)31-21(23,24)25)10-19(29-20)26-11-15-5-2-3-8-17(15)22/h2-10,13,30H,11-12H2,1H3,(H2,26,27,28,29)/t13-/m0/s1. The second-order valence-electron chi connectivity index (χ2n) is 6.71. The van der Waals surface area contributed by atoms with Crippen molar-refractivity contribution < 1.29 is 23.0 Å². The monoisotopic (exact) mass is 496 g/mol. The lowest BCUT2D eigenvalue weighted by Gasteiger charge is -2.15. The van der Waals surface area contributed by atoms with Crippen LogP contribution in [0.15, 0.2) is 59.1 Å². The molecule has 6 nitrogen and oxygen atoms in total. The Kier molecular flexibility index (Phi) is 7.34. The minimum Gasteiger partial charge on any atom is -0.406 e. The summed E-state index contributed by atoms with van der Waals surface area (Å²) in [5, 5.41) is 15.5. The smallest absolute Gasteiger partial charge is 0.406 e. The first-order valence-electron chi connectivity index (χ1n) is 9.33. The number of halogens is 4. The summed E-state index contributed by atoms with van der Waals surface area (Å²) in [4.78, 5) is 8.78. The van der Waals surface area contributed by atoms with Crippen LogP contribution < -0.4 is 15.4 Å². The fourth-order valence-electron chi connectivity index (χ4n) is 2.70. The van der Waals surface area contributed by atoms with Gasteiger partial charge in [0.15, 0.2) is 0 Å². The first kappa shape index (κ1) is 22.8. The highest BCUT2D eigenvalue weighted by atomic mass is 79.9. The van der Waals surface area contributed by atoms with Crippen LogP contribution in [0, 0.1) is 0 Å². The van der Waals surface area contributed by atoms with Crippen molar-refractivity contribution in [3.8, 4) is 17.0 Å². The average molecular weight is 497 g/mol. The number of nitrogens with zero attached hydrogens (tertiary/aromatic N) is 2. The Bertz CT molecular complexity index is 1030. The van der Waals surface area contributed by atoms with Crippen LogP contribution in [0.1, 0.15) is 12.5 Å². The molecule has 10 heteroatoms. The molecule has 0 saturated heterocycles. The van der Waals surface area contributed by atoms with Gasteiger partial charge in [-0.15, -0.1) is 13.2 Å². The van der Waals surface area contributed by atoms with Gasteiger partial charge in [0.2, 0.25) is 5.95 Å². The predicted octanol–water partition coefficient (Wildman–Crippen LogP) is 5.21. The molecule has 2 aromatic carbocycles. The summed E-state index contributed by atoms with van der Waals surface area (Å²) in [7, 11) is 0. The van der Waals surface area contributed by atoms with Crippen molar-refractivity contribution in [2.45, 2.75) is 25.9 Å². The van der Waals surface area contributed by atoms with E-state index in [1.54, 1.807) is 19.1 Å². The van der Waals surface area contributed by atoms with Gasteiger partial charge in [-0.25, -0.2) is 4.98 Å². The molecule has 0 bridgehead atoms. The molecular weight excluding hydrogens is 477 g/mol. The highest BCUT2D eigenvalue weighted by Gasteiger charge is 2.31. The number of hydrogen-bond donors (Lipinski definition) is 3. The van der Waals surface area contributed by atoms with E-state index in [2.05, 4.69) is 41.3 Å². The number of anilines is 2. The molecule has 1 aromatic heterocycles. The van der Waals surface area contributed by atoms with Crippen molar-refractivity contribution in [2.24, 2.45) is 0 Å². The summed E-state index contributed by atoms with van der Waals surface area (Å²) in [6.07, 6.45) is -4.79. The predicted molar refractivity (Wildman–Crippen MR) is 116 cm³/mol. The lowest BCUT2D eigenvalue weighted by atomic mass is 10.1. The lowest BCUT2D eigenvalue weighted by Crippen LogP contribution is -2.21. The molecule has 1 atom stereocenters. The topological polar surface area (TPSA) is 79.3 Å². The van der Waals surface area contributed by atoms with Gasteiger partial charge in [0, 0.05) is 28.7 Å². The van der Waals surface area contributed by atoms with E-state index in [4.69, 9.17) is 0 Å². The Balaban J connectivity index is 1.92. The van der Waals surface area contributed by atoms with Crippen LogP contribution >= 0.6 is 15.9 Å². The van der Waals surface area contributed by atoms with E-state index in [0.717, 1.165) is 10.0 Å². The third kappa shape index (κ3) is 6.83. The Morgan fingerprint density at radius 1 is 1.10 bits per heavy atom. The number of hydrogen-bond acceptors (Lipinski definition) is 6. The maximum Gasteiger partial charge on any atom is 0.573 e. The molecule has 3 aromatic rings. The Hall–Kier alpha value is -2.85. The fourth-order valence-corrected chi connectivity index (χ4v) is 3.12. The van der Waals surface area contributed by atoms with Gasteiger partial charge in [0.1, 0.15) is 11.6 Å². The minimum absolute atomic E-state index is 0.137. The molecule has 0 saturated carbocycles. The van der Waals surface area contributed by atoms with Gasteiger partial charge in [-0.05, 0) is 30.7 Å². The van der Waals surface area contributed by atoms with Crippen LogP contribution in [0.4, 0.5) is 24.9 Å². The molecule has 0 fully saturated rings. The molecule has 0 radical (unpaired) electrons. The Morgan fingerprint density at radius 3 is 2.58 bits per heavy atom. The zero-order chi connectivity index (χ0) is 22.4. The second kappa shape index (κ2) is 9.97. The molecule has 0 aliphatic carbocycles. The SMILES string of the molecule is C[C@@H](CO)Nc1nc(NCc2ccccc2Br)cc(-c2cccc(OC(F)(F)F)c2)n1. The highest BCUT2D eigenvalue weighted by Crippen LogP contribution is 2.29. The maximum absolute atomic E-state index is 12.6. The third-order valence-electron chi connectivity index (χ3n) is 4.16. The van der Waals surface area contributed by atoms with Gasteiger partial charge < -0.3 is 20.5 Å². The highest BCUT2D eigenvalue weighted by molar-refractivity contribution is 9.10. The van der Waals surface area contributed by atoms with Gasteiger partial charge >= 0.3 is 6.36 Å². The summed E-state index contributed by atoms with van der Waals surface area (Å²) in [6, 6.07) is 14.6. The number of nitrogens with one attached hydrogen (secondary N) is 2. The van der Waals surface area contributed by atoms with Crippen LogP contribution in [0.3, 0.4) is 0 Å². The summed E-state index contributed by atoms with van der Waals surface area (Å²) >= 11 is 3.49. The number of aliphatic hydroxyl groups is 1. The number of aromatic nitrogens is 2. The molecule has 164 valence electrons. The van der Waals surface area contributed by atoms with Gasteiger partial charge in [-0.3, -0.25) is 0 Å². The van der Waals surface area contributed by atoms with Crippen LogP contribution in [-0.4, -0.2) is 34.1 Å². The average Bonchev–Trinajstić information content (AvgIpc) is 2.72. The molecule has 1 heterocycles. The molecule has 3 N–H and O–H groups in total. The summed E-state index contributed by atoms with van der Waals surface area (Å²) < 4.78 is 42.7. The van der Waals surface area contributed by atoms with Crippen molar-refractivity contribution in [2.75, 3.05) is 17.2 Å². The number of benzene rings is 2. The van der Waals surface area contributed by atoms with Crippen LogP contribution in [0.2, 0.25) is 0 Å². The first-order valence-corrected chi connectivity index (χ1v) is 10.1. The molecule has 0 amide bonds. The van der Waals surface area contributed by atoms with E-state index in [1.807, 2.05) is 24.3 Å². The largest absolute Gasteiger partial charge is 0.573 e. The number of ether oxygens (including phenoxy) is 1. The Labute approximate surface area is 185 Å². The zero-order valence-electron chi connectivity index (χ0n) is 16.4. The van der Waals surface area contributed by atoms with E-state index >= 15 is 0 Å². The van der Waals surface area contributed by atoms with E-state index in [9.17, 15) is 18.3 Å². The Morgan fingerprint density at radius 2 is 1.87 bits per heavy atom. The first-order chi connectivity index (χ1) is 14.7. The van der Waals surface area contributed by atoms with Crippen molar-refractivity contribution in [3.63, 3.8) is 0 Å². The lowest BCUT2D eigenvalue weighted by molar-refractivity contribution is -0.274. The summed E-state index contributed by atoms with van der Waals surface area (Å²) in [5.74, 6) is 0.357. The van der Waals surface area contributed by atoms with Crippen LogP contribution in [0.25, 0.3) is 11.3 Å². The minimum atomic E-state index is -4.79. The number of aliphatic hydroxyl groups excluding tert-OH is 1. The van der Waals surface area contributed by atoms with Gasteiger partial charge in [0.05, 0.1) is 12.3 Å². The van der Waals surface area contributed by atoms with Crippen molar-refractivity contribution in [3.05, 3.63) is 64.6 Å². The van der Waals surface area contributed by atoms with E-state index in [0.29, 0.717) is 23.6 Å². The van der Waals surface area contributed by atoms with Crippen molar-refractivity contribution >= 4 is 27.7 Å². The molecular formula is C21H20BrF3N4O2. The van der Waals surface area contributed by atoms with E-state index in [-0.39, 0.29) is 24.3 Å².